The summed E-state index contributed by atoms with van der Waals surface area (Å²) in [4.78, 5) is 3.54. The lowest BCUT2D eigenvalue weighted by atomic mass is 9.78. The number of nitrogens with zero attached hydrogens (tertiary/aromatic N) is 1. The first kappa shape index (κ1) is 19.9. The second-order valence-corrected chi connectivity index (χ2v) is 7.84. The fourth-order valence-electron chi connectivity index (χ4n) is 4.18. The Bertz CT molecular complexity index is 696. The van der Waals surface area contributed by atoms with Gasteiger partial charge in [0, 0.05) is 11.8 Å². The highest BCUT2D eigenvalue weighted by Gasteiger charge is 2.32. The van der Waals surface area contributed by atoms with Crippen LogP contribution in [0.3, 0.4) is 0 Å². The van der Waals surface area contributed by atoms with Gasteiger partial charge in [0.25, 0.3) is 0 Å². The van der Waals surface area contributed by atoms with Crippen LogP contribution in [-0.2, 0) is 12.6 Å². The van der Waals surface area contributed by atoms with Crippen molar-refractivity contribution < 1.29 is 13.2 Å². The number of hydrogen-bond donors (Lipinski definition) is 0. The van der Waals surface area contributed by atoms with Gasteiger partial charge in [-0.15, -0.1) is 0 Å². The number of hydrogen-bond acceptors (Lipinski definition) is 1. The normalized spacial score (nSPS) is 20.6. The van der Waals surface area contributed by atoms with E-state index in [9.17, 15) is 13.2 Å². The van der Waals surface area contributed by atoms with Crippen LogP contribution in [0.4, 0.5) is 13.2 Å². The molecule has 1 saturated carbocycles. The van der Waals surface area contributed by atoms with Gasteiger partial charge in [-0.3, -0.25) is 4.98 Å². The van der Waals surface area contributed by atoms with Crippen LogP contribution in [0.25, 0.3) is 11.1 Å². The zero-order valence-corrected chi connectivity index (χ0v) is 15.9. The van der Waals surface area contributed by atoms with Crippen molar-refractivity contribution in [1.29, 1.82) is 0 Å². The number of alkyl halides is 3. The number of pyridine rings is 1. The van der Waals surface area contributed by atoms with Crippen molar-refractivity contribution >= 4 is 0 Å². The zero-order valence-electron chi connectivity index (χ0n) is 15.9. The number of benzene rings is 1. The van der Waals surface area contributed by atoms with Crippen molar-refractivity contribution in [3.05, 3.63) is 53.9 Å². The quantitative estimate of drug-likeness (QED) is 0.516. The highest BCUT2D eigenvalue weighted by molar-refractivity contribution is 5.62. The van der Waals surface area contributed by atoms with Gasteiger partial charge in [-0.2, -0.15) is 13.2 Å². The summed E-state index contributed by atoms with van der Waals surface area (Å²) in [5, 5.41) is 0. The third kappa shape index (κ3) is 5.57. The van der Waals surface area contributed by atoms with E-state index in [-0.39, 0.29) is 0 Å². The predicted octanol–water partition coefficient (Wildman–Crippen LogP) is 7.31. The van der Waals surface area contributed by atoms with Crippen LogP contribution in [-0.4, -0.2) is 4.98 Å². The van der Waals surface area contributed by atoms with E-state index < -0.39 is 11.9 Å². The van der Waals surface area contributed by atoms with Crippen LogP contribution in [0.1, 0.15) is 63.1 Å². The molecule has 27 heavy (non-hydrogen) atoms. The summed E-state index contributed by atoms with van der Waals surface area (Å²) in [5.74, 6) is 1.79. The van der Waals surface area contributed by atoms with E-state index in [2.05, 4.69) is 24.0 Å². The van der Waals surface area contributed by atoms with E-state index in [1.807, 2.05) is 12.1 Å². The van der Waals surface area contributed by atoms with Gasteiger partial charge in [0.05, 0.1) is 0 Å². The van der Waals surface area contributed by atoms with Crippen LogP contribution < -0.4 is 0 Å². The third-order valence-electron chi connectivity index (χ3n) is 5.85. The summed E-state index contributed by atoms with van der Waals surface area (Å²) >= 11 is 0. The Morgan fingerprint density at radius 1 is 0.852 bits per heavy atom. The first-order valence-corrected chi connectivity index (χ1v) is 10.1. The lowest BCUT2D eigenvalue weighted by molar-refractivity contribution is -0.141. The van der Waals surface area contributed by atoms with Crippen molar-refractivity contribution in [2.24, 2.45) is 11.8 Å². The van der Waals surface area contributed by atoms with Gasteiger partial charge >= 0.3 is 6.18 Å². The molecule has 0 aliphatic heterocycles. The summed E-state index contributed by atoms with van der Waals surface area (Å²) in [7, 11) is 0. The van der Waals surface area contributed by atoms with Crippen molar-refractivity contribution in [3.63, 3.8) is 0 Å². The fraction of sp³-hybridized carbons (Fsp3) is 0.522. The van der Waals surface area contributed by atoms with Crippen LogP contribution >= 0.6 is 0 Å². The van der Waals surface area contributed by atoms with E-state index in [0.29, 0.717) is 5.56 Å². The maximum Gasteiger partial charge on any atom is 0.433 e. The summed E-state index contributed by atoms with van der Waals surface area (Å²) in [6.07, 6.45) is 7.40. The van der Waals surface area contributed by atoms with Crippen LogP contribution in [0, 0.1) is 11.8 Å². The molecule has 0 saturated heterocycles. The molecule has 0 bridgehead atoms. The lowest BCUT2D eigenvalue weighted by Crippen LogP contribution is -2.15. The minimum Gasteiger partial charge on any atom is -0.251 e. The molecule has 1 aliphatic carbocycles. The molecule has 0 atom stereocenters. The molecule has 0 spiro atoms. The molecule has 4 heteroatoms. The average molecular weight is 375 g/mol. The monoisotopic (exact) mass is 375 g/mol. The first-order chi connectivity index (χ1) is 13.0. The molecule has 1 aliphatic rings. The molecule has 1 heterocycles. The van der Waals surface area contributed by atoms with Crippen LogP contribution in [0.15, 0.2) is 42.6 Å². The van der Waals surface area contributed by atoms with Gasteiger partial charge in [-0.25, -0.2) is 0 Å². The Labute approximate surface area is 160 Å². The van der Waals surface area contributed by atoms with Crippen LogP contribution in [0.2, 0.25) is 0 Å². The Morgan fingerprint density at radius 2 is 1.44 bits per heavy atom. The van der Waals surface area contributed by atoms with Crippen molar-refractivity contribution in [2.75, 3.05) is 0 Å². The van der Waals surface area contributed by atoms with Gasteiger partial charge in [0.15, 0.2) is 0 Å². The van der Waals surface area contributed by atoms with Crippen molar-refractivity contribution in [1.82, 2.24) is 4.98 Å². The Hall–Kier alpha value is -1.84. The Kier molecular flexibility index (Phi) is 6.56. The van der Waals surface area contributed by atoms with E-state index in [0.717, 1.165) is 29.9 Å². The predicted molar refractivity (Wildman–Crippen MR) is 103 cm³/mol. The van der Waals surface area contributed by atoms with Crippen LogP contribution in [0.5, 0.6) is 0 Å². The zero-order chi connectivity index (χ0) is 19.3. The topological polar surface area (TPSA) is 12.9 Å². The smallest absolute Gasteiger partial charge is 0.251 e. The highest BCUT2D eigenvalue weighted by atomic mass is 19.4. The Morgan fingerprint density at radius 3 is 1.96 bits per heavy atom. The Balaban J connectivity index is 1.52. The number of aromatic nitrogens is 1. The second kappa shape index (κ2) is 8.90. The SMILES string of the molecule is CCCC1CCC(CCc2ccc(-c3ccc(C(F)(F)F)nc3)cc2)CC1. The molecule has 1 fully saturated rings. The standard InChI is InChI=1S/C23H28F3N/c1-2-3-17-4-6-18(7-5-17)8-9-19-10-12-20(13-11-19)21-14-15-22(27-16-21)23(24,25)26/h10-18H,2-9H2,1H3. The summed E-state index contributed by atoms with van der Waals surface area (Å²) in [6.45, 7) is 2.27. The second-order valence-electron chi connectivity index (χ2n) is 7.84. The first-order valence-electron chi connectivity index (χ1n) is 10.1. The molecule has 1 nitrogen and oxygen atoms in total. The van der Waals surface area contributed by atoms with Gasteiger partial charge in [0.1, 0.15) is 5.69 Å². The summed E-state index contributed by atoms with van der Waals surface area (Å²) in [5.41, 5.74) is 2.06. The lowest BCUT2D eigenvalue weighted by Gasteiger charge is -2.28. The molecule has 0 unspecified atom stereocenters. The van der Waals surface area contributed by atoms with E-state index >= 15 is 0 Å². The summed E-state index contributed by atoms with van der Waals surface area (Å²) in [6, 6.07) is 10.7. The largest absolute Gasteiger partial charge is 0.433 e. The van der Waals surface area contributed by atoms with Gasteiger partial charge in [-0.05, 0) is 41.9 Å². The minimum absolute atomic E-state index is 0.712. The maximum atomic E-state index is 12.6. The molecule has 146 valence electrons. The average Bonchev–Trinajstić information content (AvgIpc) is 2.68. The van der Waals surface area contributed by atoms with Gasteiger partial charge in [-0.1, -0.05) is 75.8 Å². The molecule has 0 radical (unpaired) electrons. The highest BCUT2D eigenvalue weighted by Crippen LogP contribution is 2.34. The van der Waals surface area contributed by atoms with E-state index in [1.165, 1.54) is 62.8 Å². The third-order valence-corrected chi connectivity index (χ3v) is 5.85. The molecule has 0 amide bonds. The molecule has 1 aromatic carbocycles. The molecule has 0 N–H and O–H groups in total. The van der Waals surface area contributed by atoms with Gasteiger partial charge in [0.2, 0.25) is 0 Å². The number of aryl methyl sites for hydroxylation is 1. The molecular formula is C23H28F3N. The molecule has 3 rings (SSSR count). The molecule has 2 aromatic rings. The fourth-order valence-corrected chi connectivity index (χ4v) is 4.18. The number of halogens is 3. The summed E-state index contributed by atoms with van der Waals surface area (Å²) < 4.78 is 37.8. The minimum atomic E-state index is -4.39. The van der Waals surface area contributed by atoms with E-state index in [1.54, 1.807) is 0 Å². The van der Waals surface area contributed by atoms with Crippen molar-refractivity contribution in [3.8, 4) is 11.1 Å². The molecular weight excluding hydrogens is 347 g/mol. The maximum absolute atomic E-state index is 12.6. The van der Waals surface area contributed by atoms with Gasteiger partial charge < -0.3 is 0 Å². The number of rotatable bonds is 6. The molecule has 1 aromatic heterocycles. The van der Waals surface area contributed by atoms with E-state index in [4.69, 9.17) is 0 Å². The van der Waals surface area contributed by atoms with Crippen molar-refractivity contribution in [2.45, 2.75) is 64.5 Å².